The first-order valence-electron chi connectivity index (χ1n) is 7.66. The summed E-state index contributed by atoms with van der Waals surface area (Å²) in [7, 11) is 2.06. The lowest BCUT2D eigenvalue weighted by atomic mass is 9.99. The third-order valence-corrected chi connectivity index (χ3v) is 3.85. The standard InChI is InChI=1S/C19H25N/c1-20-19(18-14-8-4-9-15-18)16-10-3-7-13-17-11-5-2-6-12-17/h2,4-6,8-9,11-12,14-15,19-20H,3,7,10,13,16H2,1H3. The highest BCUT2D eigenvalue weighted by Crippen LogP contribution is 2.19. The fraction of sp³-hybridized carbons (Fsp3) is 0.368. The van der Waals surface area contributed by atoms with Crippen molar-refractivity contribution in [1.82, 2.24) is 5.32 Å². The van der Waals surface area contributed by atoms with E-state index in [0.717, 1.165) is 0 Å². The molecule has 2 aromatic rings. The van der Waals surface area contributed by atoms with Crippen LogP contribution in [0.25, 0.3) is 0 Å². The fourth-order valence-electron chi connectivity index (χ4n) is 2.66. The highest BCUT2D eigenvalue weighted by Gasteiger charge is 2.07. The molecule has 0 saturated carbocycles. The Morgan fingerprint density at radius 2 is 1.45 bits per heavy atom. The Balaban J connectivity index is 1.67. The summed E-state index contributed by atoms with van der Waals surface area (Å²) in [6.07, 6.45) is 6.30. The summed E-state index contributed by atoms with van der Waals surface area (Å²) in [6.45, 7) is 0. The summed E-state index contributed by atoms with van der Waals surface area (Å²) in [4.78, 5) is 0. The van der Waals surface area contributed by atoms with Gasteiger partial charge in [0.25, 0.3) is 0 Å². The second kappa shape index (κ2) is 8.55. The third kappa shape index (κ3) is 4.82. The van der Waals surface area contributed by atoms with Gasteiger partial charge in [0.1, 0.15) is 0 Å². The van der Waals surface area contributed by atoms with Gasteiger partial charge in [-0.05, 0) is 37.4 Å². The lowest BCUT2D eigenvalue weighted by molar-refractivity contribution is 0.507. The summed E-state index contributed by atoms with van der Waals surface area (Å²) in [5.74, 6) is 0. The maximum Gasteiger partial charge on any atom is 0.0317 e. The number of benzene rings is 2. The normalized spacial score (nSPS) is 12.2. The van der Waals surface area contributed by atoms with Crippen molar-refractivity contribution >= 4 is 0 Å². The molecule has 2 aromatic carbocycles. The second-order valence-electron chi connectivity index (χ2n) is 5.34. The Bertz CT molecular complexity index is 464. The molecule has 1 nitrogen and oxygen atoms in total. The van der Waals surface area contributed by atoms with Crippen molar-refractivity contribution in [3.8, 4) is 0 Å². The summed E-state index contributed by atoms with van der Waals surface area (Å²) in [5.41, 5.74) is 2.86. The van der Waals surface area contributed by atoms with Crippen molar-refractivity contribution in [2.75, 3.05) is 7.05 Å². The van der Waals surface area contributed by atoms with Crippen molar-refractivity contribution in [1.29, 1.82) is 0 Å². The lowest BCUT2D eigenvalue weighted by Gasteiger charge is -2.16. The average molecular weight is 267 g/mol. The van der Waals surface area contributed by atoms with Crippen molar-refractivity contribution in [2.45, 2.75) is 38.1 Å². The van der Waals surface area contributed by atoms with Gasteiger partial charge in [0.2, 0.25) is 0 Å². The van der Waals surface area contributed by atoms with Crippen molar-refractivity contribution < 1.29 is 0 Å². The molecule has 2 rings (SSSR count). The molecule has 0 amide bonds. The fourth-order valence-corrected chi connectivity index (χ4v) is 2.66. The molecule has 1 heteroatoms. The van der Waals surface area contributed by atoms with E-state index in [9.17, 15) is 0 Å². The van der Waals surface area contributed by atoms with Crippen LogP contribution in [0.2, 0.25) is 0 Å². The van der Waals surface area contributed by atoms with Crippen molar-refractivity contribution in [3.05, 3.63) is 71.8 Å². The van der Waals surface area contributed by atoms with Crippen molar-refractivity contribution in [2.24, 2.45) is 0 Å². The maximum atomic E-state index is 3.43. The predicted molar refractivity (Wildman–Crippen MR) is 86.9 cm³/mol. The van der Waals surface area contributed by atoms with Gasteiger partial charge in [-0.15, -0.1) is 0 Å². The maximum absolute atomic E-state index is 3.43. The minimum Gasteiger partial charge on any atom is -0.313 e. The zero-order valence-corrected chi connectivity index (χ0v) is 12.4. The van der Waals surface area contributed by atoms with E-state index < -0.39 is 0 Å². The first-order valence-corrected chi connectivity index (χ1v) is 7.66. The molecule has 1 unspecified atom stereocenters. The van der Waals surface area contributed by atoms with Crippen LogP contribution in [0.1, 0.15) is 42.9 Å². The highest BCUT2D eigenvalue weighted by atomic mass is 14.9. The van der Waals surface area contributed by atoms with Gasteiger partial charge in [-0.25, -0.2) is 0 Å². The Kier molecular flexibility index (Phi) is 6.33. The minimum absolute atomic E-state index is 0.493. The smallest absolute Gasteiger partial charge is 0.0317 e. The molecule has 106 valence electrons. The number of rotatable bonds is 8. The lowest BCUT2D eigenvalue weighted by Crippen LogP contribution is -2.16. The summed E-state index contributed by atoms with van der Waals surface area (Å²) in [5, 5.41) is 3.43. The molecule has 0 bridgehead atoms. The Morgan fingerprint density at radius 1 is 0.800 bits per heavy atom. The molecule has 0 saturated heterocycles. The van der Waals surface area contributed by atoms with E-state index in [0.29, 0.717) is 6.04 Å². The van der Waals surface area contributed by atoms with Gasteiger partial charge in [0.05, 0.1) is 0 Å². The summed E-state index contributed by atoms with van der Waals surface area (Å²) < 4.78 is 0. The van der Waals surface area contributed by atoms with E-state index in [2.05, 4.69) is 73.0 Å². The van der Waals surface area contributed by atoms with Crippen LogP contribution in [-0.2, 0) is 6.42 Å². The monoisotopic (exact) mass is 267 g/mol. The zero-order chi connectivity index (χ0) is 14.0. The van der Waals surface area contributed by atoms with Crippen LogP contribution in [0.5, 0.6) is 0 Å². The van der Waals surface area contributed by atoms with E-state index in [1.807, 2.05) is 0 Å². The topological polar surface area (TPSA) is 12.0 Å². The van der Waals surface area contributed by atoms with E-state index >= 15 is 0 Å². The quantitative estimate of drug-likeness (QED) is 0.681. The van der Waals surface area contributed by atoms with Gasteiger partial charge >= 0.3 is 0 Å². The number of hydrogen-bond donors (Lipinski definition) is 1. The van der Waals surface area contributed by atoms with E-state index in [1.165, 1.54) is 43.2 Å². The molecule has 0 aliphatic heterocycles. The molecule has 20 heavy (non-hydrogen) atoms. The zero-order valence-electron chi connectivity index (χ0n) is 12.4. The van der Waals surface area contributed by atoms with E-state index in [1.54, 1.807) is 0 Å². The Morgan fingerprint density at radius 3 is 2.10 bits per heavy atom. The first-order chi connectivity index (χ1) is 9.90. The van der Waals surface area contributed by atoms with Crippen LogP contribution >= 0.6 is 0 Å². The largest absolute Gasteiger partial charge is 0.313 e. The predicted octanol–water partition coefficient (Wildman–Crippen LogP) is 4.75. The molecule has 0 fully saturated rings. The molecule has 1 atom stereocenters. The Labute approximate surface area is 123 Å². The molecular weight excluding hydrogens is 242 g/mol. The number of unbranched alkanes of at least 4 members (excludes halogenated alkanes) is 2. The number of aryl methyl sites for hydroxylation is 1. The molecule has 0 aliphatic carbocycles. The van der Waals surface area contributed by atoms with E-state index in [4.69, 9.17) is 0 Å². The molecular formula is C19H25N. The van der Waals surface area contributed by atoms with Crippen LogP contribution < -0.4 is 5.32 Å². The van der Waals surface area contributed by atoms with Crippen LogP contribution in [0, 0.1) is 0 Å². The van der Waals surface area contributed by atoms with Crippen molar-refractivity contribution in [3.63, 3.8) is 0 Å². The van der Waals surface area contributed by atoms with Crippen LogP contribution in [0.3, 0.4) is 0 Å². The minimum atomic E-state index is 0.493. The average Bonchev–Trinajstić information content (AvgIpc) is 2.53. The number of hydrogen-bond acceptors (Lipinski definition) is 1. The Hall–Kier alpha value is -1.60. The molecule has 1 N–H and O–H groups in total. The van der Waals surface area contributed by atoms with Gasteiger partial charge in [0.15, 0.2) is 0 Å². The summed E-state index contributed by atoms with van der Waals surface area (Å²) >= 11 is 0. The van der Waals surface area contributed by atoms with Gasteiger partial charge in [-0.1, -0.05) is 73.5 Å². The molecule has 0 heterocycles. The van der Waals surface area contributed by atoms with E-state index in [-0.39, 0.29) is 0 Å². The van der Waals surface area contributed by atoms with Gasteiger partial charge < -0.3 is 5.32 Å². The molecule has 0 spiro atoms. The third-order valence-electron chi connectivity index (χ3n) is 3.85. The molecule has 0 radical (unpaired) electrons. The molecule has 0 aliphatic rings. The highest BCUT2D eigenvalue weighted by molar-refractivity contribution is 5.18. The second-order valence-corrected chi connectivity index (χ2v) is 5.34. The van der Waals surface area contributed by atoms with Crippen LogP contribution in [-0.4, -0.2) is 7.05 Å². The SMILES string of the molecule is CNC(CCCCCc1ccccc1)c1ccccc1. The molecule has 0 aromatic heterocycles. The first kappa shape index (κ1) is 14.8. The number of nitrogens with one attached hydrogen (secondary N) is 1. The van der Waals surface area contributed by atoms with Gasteiger partial charge in [-0.3, -0.25) is 0 Å². The van der Waals surface area contributed by atoms with Gasteiger partial charge in [0, 0.05) is 6.04 Å². The van der Waals surface area contributed by atoms with Crippen LogP contribution in [0.4, 0.5) is 0 Å². The van der Waals surface area contributed by atoms with Gasteiger partial charge in [-0.2, -0.15) is 0 Å². The summed E-state index contributed by atoms with van der Waals surface area (Å²) in [6, 6.07) is 22.0. The van der Waals surface area contributed by atoms with Crippen LogP contribution in [0.15, 0.2) is 60.7 Å².